The molecule has 1 fully saturated rings. The van der Waals surface area contributed by atoms with E-state index in [1.165, 1.54) is 0 Å². The van der Waals surface area contributed by atoms with Gasteiger partial charge in [-0.05, 0) is 60.2 Å². The number of hydrogen-bond acceptors (Lipinski definition) is 5. The molecule has 0 spiro atoms. The van der Waals surface area contributed by atoms with Crippen LogP contribution in [-0.2, 0) is 6.54 Å². The van der Waals surface area contributed by atoms with Crippen LogP contribution in [0.5, 0.6) is 11.5 Å². The molecule has 0 aliphatic carbocycles. The molecule has 2 aliphatic heterocycles. The molecule has 0 saturated carbocycles. The Labute approximate surface area is 196 Å². The third kappa shape index (κ3) is 3.58. The van der Waals surface area contributed by atoms with Crippen LogP contribution in [0.4, 0.5) is 5.69 Å². The molecule has 1 saturated heterocycles. The Kier molecular flexibility index (Phi) is 4.92. The highest BCUT2D eigenvalue weighted by atomic mass is 32.1. The molecule has 4 aromatic rings. The number of rotatable bonds is 5. The van der Waals surface area contributed by atoms with Crippen molar-refractivity contribution in [3.05, 3.63) is 102 Å². The van der Waals surface area contributed by atoms with Gasteiger partial charge in [-0.3, -0.25) is 9.97 Å². The van der Waals surface area contributed by atoms with E-state index in [-0.39, 0.29) is 18.9 Å². The summed E-state index contributed by atoms with van der Waals surface area (Å²) in [5.74, 6) is 1.47. The second-order valence-electron chi connectivity index (χ2n) is 7.96. The smallest absolute Gasteiger partial charge is 0.231 e. The molecule has 6 rings (SSSR count). The van der Waals surface area contributed by atoms with Crippen LogP contribution >= 0.6 is 12.2 Å². The summed E-state index contributed by atoms with van der Waals surface area (Å²) >= 11 is 5.85. The largest absolute Gasteiger partial charge is 0.454 e. The van der Waals surface area contributed by atoms with Gasteiger partial charge in [0.05, 0.1) is 11.7 Å². The molecule has 1 aromatic carbocycles. The van der Waals surface area contributed by atoms with Crippen LogP contribution in [0.1, 0.15) is 29.0 Å². The standard InChI is InChI=1S/C25H21N5O2S/c33-25-28-23(19-6-1-2-11-27-19)24(30(25)18-8-9-21-22(13-18)32-16-31-21)20-7-4-12-29(20)15-17-5-3-10-26-14-17/h1-14,23-24H,15-16H2,(H,28,33)/t23-,24-/m1/s1. The number of fused-ring (bicyclic) bond motifs is 1. The van der Waals surface area contributed by atoms with Crippen molar-refractivity contribution in [1.82, 2.24) is 19.9 Å². The number of anilines is 1. The number of benzene rings is 1. The van der Waals surface area contributed by atoms with Gasteiger partial charge in [0.25, 0.3) is 0 Å². The Morgan fingerprint density at radius 2 is 1.94 bits per heavy atom. The Bertz CT molecular complexity index is 1290. The van der Waals surface area contributed by atoms with Crippen LogP contribution in [0.2, 0.25) is 0 Å². The lowest BCUT2D eigenvalue weighted by molar-refractivity contribution is 0.174. The van der Waals surface area contributed by atoms with Gasteiger partial charge in [-0.25, -0.2) is 0 Å². The molecule has 164 valence electrons. The van der Waals surface area contributed by atoms with Crippen LogP contribution in [0.15, 0.2) is 85.5 Å². The third-order valence-corrected chi connectivity index (χ3v) is 6.29. The fourth-order valence-electron chi connectivity index (χ4n) is 4.50. The number of ether oxygens (including phenoxy) is 2. The number of nitrogens with zero attached hydrogens (tertiary/aromatic N) is 4. The topological polar surface area (TPSA) is 64.4 Å². The Balaban J connectivity index is 1.45. The zero-order valence-electron chi connectivity index (χ0n) is 17.7. The summed E-state index contributed by atoms with van der Waals surface area (Å²) < 4.78 is 13.4. The molecule has 1 N–H and O–H groups in total. The van der Waals surface area contributed by atoms with Gasteiger partial charge in [0, 0.05) is 48.8 Å². The summed E-state index contributed by atoms with van der Waals surface area (Å²) in [5, 5.41) is 4.16. The molecule has 0 radical (unpaired) electrons. The highest BCUT2D eigenvalue weighted by Gasteiger charge is 2.42. The molecule has 8 heteroatoms. The van der Waals surface area contributed by atoms with Gasteiger partial charge in [-0.15, -0.1) is 0 Å². The lowest BCUT2D eigenvalue weighted by Crippen LogP contribution is -2.30. The average Bonchev–Trinajstić information content (AvgIpc) is 3.58. The van der Waals surface area contributed by atoms with Crippen molar-refractivity contribution < 1.29 is 9.47 Å². The number of hydrogen-bond donors (Lipinski definition) is 1. The minimum absolute atomic E-state index is 0.112. The summed E-state index contributed by atoms with van der Waals surface area (Å²) in [4.78, 5) is 11.1. The molecule has 33 heavy (non-hydrogen) atoms. The monoisotopic (exact) mass is 455 g/mol. The fraction of sp³-hybridized carbons (Fsp3) is 0.160. The third-order valence-electron chi connectivity index (χ3n) is 5.98. The number of nitrogens with one attached hydrogen (secondary N) is 1. The van der Waals surface area contributed by atoms with Crippen molar-refractivity contribution in [2.75, 3.05) is 11.7 Å². The van der Waals surface area contributed by atoms with Crippen LogP contribution in [0.3, 0.4) is 0 Å². The molecule has 3 aromatic heterocycles. The van der Waals surface area contributed by atoms with E-state index < -0.39 is 0 Å². The average molecular weight is 456 g/mol. The zero-order valence-corrected chi connectivity index (χ0v) is 18.5. The van der Waals surface area contributed by atoms with Crippen molar-refractivity contribution in [2.45, 2.75) is 18.6 Å². The van der Waals surface area contributed by atoms with E-state index in [4.69, 9.17) is 21.7 Å². The Hall–Kier alpha value is -3.91. The number of aromatic nitrogens is 3. The van der Waals surface area contributed by atoms with E-state index in [0.717, 1.165) is 34.1 Å². The zero-order chi connectivity index (χ0) is 22.2. The SMILES string of the molecule is S=C1N[C@H](c2ccccn2)[C@@H](c2cccn2Cc2cccnc2)N1c1ccc2c(c1)OCO2. The van der Waals surface area contributed by atoms with Crippen LogP contribution in [0.25, 0.3) is 0 Å². The first kappa shape index (κ1) is 19.8. The molecule has 0 amide bonds. The van der Waals surface area contributed by atoms with E-state index in [2.05, 4.69) is 49.1 Å². The maximum Gasteiger partial charge on any atom is 0.231 e. The summed E-state index contributed by atoms with van der Waals surface area (Å²) in [6, 6.07) is 19.9. The molecule has 7 nitrogen and oxygen atoms in total. The first-order valence-corrected chi connectivity index (χ1v) is 11.1. The van der Waals surface area contributed by atoms with E-state index in [9.17, 15) is 0 Å². The highest BCUT2D eigenvalue weighted by molar-refractivity contribution is 7.80. The Morgan fingerprint density at radius 1 is 1.00 bits per heavy atom. The van der Waals surface area contributed by atoms with E-state index >= 15 is 0 Å². The number of pyridine rings is 2. The van der Waals surface area contributed by atoms with Crippen LogP contribution in [0, 0.1) is 0 Å². The summed E-state index contributed by atoms with van der Waals surface area (Å²) in [5.41, 5.74) is 4.13. The van der Waals surface area contributed by atoms with Gasteiger partial charge >= 0.3 is 0 Å². The van der Waals surface area contributed by atoms with Gasteiger partial charge in [0.2, 0.25) is 6.79 Å². The summed E-state index contributed by atoms with van der Waals surface area (Å²) in [6.45, 7) is 0.943. The van der Waals surface area contributed by atoms with E-state index in [0.29, 0.717) is 11.7 Å². The van der Waals surface area contributed by atoms with Gasteiger partial charge < -0.3 is 24.3 Å². The minimum atomic E-state index is -0.119. The maximum absolute atomic E-state index is 5.85. The van der Waals surface area contributed by atoms with Gasteiger partial charge in [-0.1, -0.05) is 12.1 Å². The van der Waals surface area contributed by atoms with Crippen molar-refractivity contribution >= 4 is 23.0 Å². The normalized spacial score (nSPS) is 19.0. The van der Waals surface area contributed by atoms with E-state index in [1.807, 2.05) is 54.9 Å². The van der Waals surface area contributed by atoms with Gasteiger partial charge in [-0.2, -0.15) is 0 Å². The molecular weight excluding hydrogens is 434 g/mol. The van der Waals surface area contributed by atoms with Crippen LogP contribution < -0.4 is 19.7 Å². The summed E-state index contributed by atoms with van der Waals surface area (Å²) in [7, 11) is 0. The maximum atomic E-state index is 5.85. The first-order chi connectivity index (χ1) is 16.3. The molecule has 5 heterocycles. The quantitative estimate of drug-likeness (QED) is 0.452. The predicted octanol–water partition coefficient (Wildman–Crippen LogP) is 4.23. The molecule has 0 unspecified atom stereocenters. The lowest BCUT2D eigenvalue weighted by Gasteiger charge is -2.29. The second kappa shape index (κ2) is 8.22. The van der Waals surface area contributed by atoms with Crippen LogP contribution in [-0.4, -0.2) is 26.4 Å². The number of thiocarbonyl (C=S) groups is 1. The summed E-state index contributed by atoms with van der Waals surface area (Å²) in [6.07, 6.45) is 7.59. The van der Waals surface area contributed by atoms with Gasteiger partial charge in [0.1, 0.15) is 6.04 Å². The molecule has 2 aliphatic rings. The fourth-order valence-corrected chi connectivity index (χ4v) is 4.84. The Morgan fingerprint density at radius 3 is 2.79 bits per heavy atom. The van der Waals surface area contributed by atoms with Crippen molar-refractivity contribution in [3.63, 3.8) is 0 Å². The van der Waals surface area contributed by atoms with E-state index in [1.54, 1.807) is 6.20 Å². The molecule has 2 atom stereocenters. The second-order valence-corrected chi connectivity index (χ2v) is 8.34. The van der Waals surface area contributed by atoms with Crippen molar-refractivity contribution in [2.24, 2.45) is 0 Å². The molecular formula is C25H21N5O2S. The molecule has 0 bridgehead atoms. The van der Waals surface area contributed by atoms with Crippen molar-refractivity contribution in [3.8, 4) is 11.5 Å². The lowest BCUT2D eigenvalue weighted by atomic mass is 10.0. The first-order valence-electron chi connectivity index (χ1n) is 10.7. The predicted molar refractivity (Wildman–Crippen MR) is 128 cm³/mol. The van der Waals surface area contributed by atoms with Gasteiger partial charge in [0.15, 0.2) is 16.6 Å². The van der Waals surface area contributed by atoms with Crippen molar-refractivity contribution in [1.29, 1.82) is 0 Å². The highest BCUT2D eigenvalue weighted by Crippen LogP contribution is 2.44. The minimum Gasteiger partial charge on any atom is -0.454 e.